The van der Waals surface area contributed by atoms with E-state index < -0.39 is 6.10 Å². The zero-order chi connectivity index (χ0) is 16.6. The Morgan fingerprint density at radius 1 is 1.35 bits per heavy atom. The van der Waals surface area contributed by atoms with Gasteiger partial charge in [-0.3, -0.25) is 5.10 Å². The van der Waals surface area contributed by atoms with Gasteiger partial charge in [-0.15, -0.1) is 0 Å². The number of pyridine rings is 1. The molecule has 23 heavy (non-hydrogen) atoms. The van der Waals surface area contributed by atoms with Gasteiger partial charge in [0.15, 0.2) is 0 Å². The summed E-state index contributed by atoms with van der Waals surface area (Å²) in [6, 6.07) is 6.14. The van der Waals surface area contributed by atoms with E-state index in [4.69, 9.17) is 5.26 Å². The second-order valence-corrected chi connectivity index (χ2v) is 6.35. The predicted molar refractivity (Wildman–Crippen MR) is 87.2 cm³/mol. The lowest BCUT2D eigenvalue weighted by Crippen LogP contribution is -2.22. The predicted octanol–water partition coefficient (Wildman–Crippen LogP) is 1.64. The lowest BCUT2D eigenvalue weighted by molar-refractivity contribution is 0.148. The van der Waals surface area contributed by atoms with Crippen LogP contribution in [0.5, 0.6) is 0 Å². The number of rotatable bonds is 3. The zero-order valence-corrected chi connectivity index (χ0v) is 13.7. The number of aryl methyl sites for hydroxylation is 3. The van der Waals surface area contributed by atoms with E-state index in [1.165, 1.54) is 0 Å². The summed E-state index contributed by atoms with van der Waals surface area (Å²) < 4.78 is 0. The molecule has 1 aliphatic rings. The second-order valence-electron chi connectivity index (χ2n) is 6.35. The van der Waals surface area contributed by atoms with E-state index in [2.05, 4.69) is 26.2 Å². The number of anilines is 1. The fraction of sp³-hybridized carbons (Fsp3) is 0.471. The number of aliphatic hydroxyl groups excluding tert-OH is 1. The van der Waals surface area contributed by atoms with Gasteiger partial charge in [0.05, 0.1) is 23.1 Å². The summed E-state index contributed by atoms with van der Waals surface area (Å²) in [5.74, 6) is 0.967. The highest BCUT2D eigenvalue weighted by atomic mass is 16.3. The number of hydrogen-bond acceptors (Lipinski definition) is 5. The topological polar surface area (TPSA) is 88.8 Å². The van der Waals surface area contributed by atoms with E-state index in [1.807, 2.05) is 32.9 Å². The van der Waals surface area contributed by atoms with Crippen molar-refractivity contribution >= 4 is 5.82 Å². The number of aliphatic hydroxyl groups is 1. The summed E-state index contributed by atoms with van der Waals surface area (Å²) in [6.07, 6.45) is 0.348. The van der Waals surface area contributed by atoms with Crippen molar-refractivity contribution in [2.24, 2.45) is 5.92 Å². The van der Waals surface area contributed by atoms with Gasteiger partial charge >= 0.3 is 0 Å². The molecule has 6 nitrogen and oxygen atoms in total. The van der Waals surface area contributed by atoms with Crippen molar-refractivity contribution < 1.29 is 5.11 Å². The van der Waals surface area contributed by atoms with Gasteiger partial charge in [-0.1, -0.05) is 0 Å². The Balaban J connectivity index is 1.77. The van der Waals surface area contributed by atoms with Gasteiger partial charge in [-0.2, -0.15) is 10.4 Å². The molecule has 0 radical (unpaired) electrons. The number of nitrogens with zero attached hydrogens (tertiary/aromatic N) is 4. The lowest BCUT2D eigenvalue weighted by Gasteiger charge is -2.18. The molecule has 2 aromatic heterocycles. The molecule has 0 amide bonds. The Bertz CT molecular complexity index is 738. The van der Waals surface area contributed by atoms with E-state index in [-0.39, 0.29) is 5.92 Å². The summed E-state index contributed by atoms with van der Waals surface area (Å²) in [4.78, 5) is 6.63. The fourth-order valence-electron chi connectivity index (χ4n) is 3.23. The van der Waals surface area contributed by atoms with Crippen molar-refractivity contribution in [2.75, 3.05) is 18.0 Å². The molecule has 2 atom stereocenters. The second kappa shape index (κ2) is 6.01. The van der Waals surface area contributed by atoms with Crippen molar-refractivity contribution in [3.8, 4) is 6.07 Å². The third-order valence-electron chi connectivity index (χ3n) is 4.46. The van der Waals surface area contributed by atoms with Crippen molar-refractivity contribution in [3.05, 3.63) is 40.3 Å². The minimum Gasteiger partial charge on any atom is -0.391 e. The Labute approximate surface area is 135 Å². The van der Waals surface area contributed by atoms with Gasteiger partial charge in [0.1, 0.15) is 11.9 Å². The molecule has 3 rings (SSSR count). The molecule has 0 spiro atoms. The summed E-state index contributed by atoms with van der Waals surface area (Å²) in [5.41, 5.74) is 4.31. The van der Waals surface area contributed by atoms with Crippen LogP contribution >= 0.6 is 0 Å². The van der Waals surface area contributed by atoms with Crippen LogP contribution in [0.15, 0.2) is 12.1 Å². The molecule has 0 saturated carbocycles. The SMILES string of the molecule is Cc1cc(C[C@@H]2CN(c3cc(C)c(C#N)c(C)n3)C[C@H]2O)n[nH]1. The summed E-state index contributed by atoms with van der Waals surface area (Å²) in [6.45, 7) is 7.05. The van der Waals surface area contributed by atoms with Gasteiger partial charge in [0.25, 0.3) is 0 Å². The first-order valence-corrected chi connectivity index (χ1v) is 7.80. The van der Waals surface area contributed by atoms with Crippen molar-refractivity contribution in [3.63, 3.8) is 0 Å². The number of nitrogens with one attached hydrogen (secondary N) is 1. The number of nitriles is 1. The van der Waals surface area contributed by atoms with Crippen LogP contribution < -0.4 is 4.90 Å². The van der Waals surface area contributed by atoms with E-state index in [9.17, 15) is 5.11 Å². The van der Waals surface area contributed by atoms with Crippen LogP contribution in [0, 0.1) is 38.0 Å². The Morgan fingerprint density at radius 2 is 2.13 bits per heavy atom. The summed E-state index contributed by atoms with van der Waals surface area (Å²) in [5, 5.41) is 26.7. The molecule has 2 aromatic rings. The van der Waals surface area contributed by atoms with Gasteiger partial charge in [-0.05, 0) is 44.9 Å². The first-order valence-electron chi connectivity index (χ1n) is 7.80. The van der Waals surface area contributed by atoms with Crippen LogP contribution in [0.2, 0.25) is 0 Å². The van der Waals surface area contributed by atoms with Crippen molar-refractivity contribution in [1.29, 1.82) is 5.26 Å². The molecular weight excluding hydrogens is 290 g/mol. The van der Waals surface area contributed by atoms with Crippen molar-refractivity contribution in [1.82, 2.24) is 15.2 Å². The largest absolute Gasteiger partial charge is 0.391 e. The van der Waals surface area contributed by atoms with Crippen LogP contribution in [0.25, 0.3) is 0 Å². The number of aromatic amines is 1. The number of hydrogen-bond donors (Lipinski definition) is 2. The molecule has 1 saturated heterocycles. The molecule has 1 fully saturated rings. The molecule has 0 aromatic carbocycles. The van der Waals surface area contributed by atoms with Gasteiger partial charge < -0.3 is 10.0 Å². The number of aromatic nitrogens is 3. The first kappa shape index (κ1) is 15.5. The van der Waals surface area contributed by atoms with Gasteiger partial charge in [0, 0.05) is 24.7 Å². The Hall–Kier alpha value is -2.39. The molecule has 3 heterocycles. The van der Waals surface area contributed by atoms with Crippen LogP contribution in [0.3, 0.4) is 0 Å². The molecule has 120 valence electrons. The van der Waals surface area contributed by atoms with Crippen LogP contribution in [-0.2, 0) is 6.42 Å². The van der Waals surface area contributed by atoms with E-state index in [0.29, 0.717) is 12.1 Å². The Morgan fingerprint density at radius 3 is 2.74 bits per heavy atom. The van der Waals surface area contributed by atoms with Crippen molar-refractivity contribution in [2.45, 2.75) is 33.3 Å². The minimum absolute atomic E-state index is 0.135. The van der Waals surface area contributed by atoms with Gasteiger partial charge in [-0.25, -0.2) is 4.98 Å². The maximum atomic E-state index is 10.4. The van der Waals surface area contributed by atoms with E-state index in [0.717, 1.165) is 41.4 Å². The number of β-amino-alcohol motifs (C(OH)–C–C–N with tert-alkyl or cyclic N) is 1. The van der Waals surface area contributed by atoms with Crippen LogP contribution in [0.1, 0.15) is 28.2 Å². The molecule has 1 aliphatic heterocycles. The van der Waals surface area contributed by atoms with E-state index >= 15 is 0 Å². The fourth-order valence-corrected chi connectivity index (χ4v) is 3.23. The molecule has 0 bridgehead atoms. The average Bonchev–Trinajstić information content (AvgIpc) is 3.06. The first-order chi connectivity index (χ1) is 11.0. The molecule has 2 N–H and O–H groups in total. The third-order valence-corrected chi connectivity index (χ3v) is 4.46. The lowest BCUT2D eigenvalue weighted by atomic mass is 10.0. The monoisotopic (exact) mass is 311 g/mol. The quantitative estimate of drug-likeness (QED) is 0.899. The highest BCUT2D eigenvalue weighted by Crippen LogP contribution is 2.27. The maximum Gasteiger partial charge on any atom is 0.129 e. The molecule has 0 unspecified atom stereocenters. The molecule has 0 aliphatic carbocycles. The van der Waals surface area contributed by atoms with Gasteiger partial charge in [0.2, 0.25) is 0 Å². The van der Waals surface area contributed by atoms with E-state index in [1.54, 1.807) is 0 Å². The highest BCUT2D eigenvalue weighted by Gasteiger charge is 2.32. The number of H-pyrrole nitrogens is 1. The van der Waals surface area contributed by atoms with Crippen LogP contribution in [-0.4, -0.2) is 39.5 Å². The average molecular weight is 311 g/mol. The third kappa shape index (κ3) is 3.06. The maximum absolute atomic E-state index is 10.4. The smallest absolute Gasteiger partial charge is 0.129 e. The van der Waals surface area contributed by atoms with Crippen LogP contribution in [0.4, 0.5) is 5.82 Å². The zero-order valence-electron chi connectivity index (χ0n) is 13.7. The standard InChI is InChI=1S/C17H21N5O/c1-10-4-17(19-12(3)15(10)7-18)22-8-13(16(23)9-22)6-14-5-11(2)20-21-14/h4-5,13,16,23H,6,8-9H2,1-3H3,(H,20,21)/t13-,16-/m1/s1. The Kier molecular flexibility index (Phi) is 4.05. The molecular formula is C17H21N5O. The summed E-state index contributed by atoms with van der Waals surface area (Å²) in [7, 11) is 0. The normalized spacial score (nSPS) is 20.7. The summed E-state index contributed by atoms with van der Waals surface area (Å²) >= 11 is 0. The highest BCUT2D eigenvalue weighted by molar-refractivity contribution is 5.51. The molecule has 6 heteroatoms. The minimum atomic E-state index is -0.398.